The third kappa shape index (κ3) is 3.76. The molecule has 0 saturated carbocycles. The summed E-state index contributed by atoms with van der Waals surface area (Å²) in [5, 5.41) is 9.01. The Morgan fingerprint density at radius 1 is 1.17 bits per heavy atom. The van der Waals surface area contributed by atoms with Crippen molar-refractivity contribution >= 4 is 40.3 Å². The van der Waals surface area contributed by atoms with Crippen molar-refractivity contribution in [3.8, 4) is 11.8 Å². The zero-order valence-electron chi connectivity index (χ0n) is 19.7. The largest absolute Gasteiger partial charge is 0.490 e. The van der Waals surface area contributed by atoms with Crippen molar-refractivity contribution in [1.82, 2.24) is 9.38 Å². The fraction of sp³-hybridized carbons (Fsp3) is 0.292. The van der Waals surface area contributed by atoms with Gasteiger partial charge in [-0.15, -0.1) is 0 Å². The second kappa shape index (κ2) is 8.60. The zero-order chi connectivity index (χ0) is 26.6. The van der Waals surface area contributed by atoms with Crippen LogP contribution in [0.4, 0.5) is 24.5 Å². The number of nitriles is 1. The number of pyridine rings is 1. The molecule has 2 aromatic heterocycles. The van der Waals surface area contributed by atoms with Gasteiger partial charge < -0.3 is 9.64 Å². The van der Waals surface area contributed by atoms with E-state index >= 15 is 0 Å². The van der Waals surface area contributed by atoms with Gasteiger partial charge in [0.1, 0.15) is 11.2 Å². The molecule has 1 aliphatic rings. The molecule has 3 heterocycles. The number of ether oxygens (including phenoxy) is 1. The van der Waals surface area contributed by atoms with E-state index in [9.17, 15) is 22.8 Å². The molecule has 186 valence electrons. The highest BCUT2D eigenvalue weighted by atomic mass is 32.1. The maximum absolute atomic E-state index is 13.5. The first kappa shape index (κ1) is 25.1. The number of thiocarbonyl (C=S) groups is 1. The van der Waals surface area contributed by atoms with E-state index in [4.69, 9.17) is 22.2 Å². The van der Waals surface area contributed by atoms with Gasteiger partial charge in [0.05, 0.1) is 41.4 Å². The van der Waals surface area contributed by atoms with Crippen LogP contribution >= 0.6 is 12.2 Å². The maximum atomic E-state index is 13.5. The van der Waals surface area contributed by atoms with Crippen molar-refractivity contribution in [1.29, 1.82) is 5.26 Å². The van der Waals surface area contributed by atoms with Crippen LogP contribution in [0.15, 0.2) is 41.3 Å². The van der Waals surface area contributed by atoms with Crippen molar-refractivity contribution in [2.24, 2.45) is 0 Å². The Bertz CT molecular complexity index is 1520. The molecule has 1 saturated heterocycles. The first-order valence-corrected chi connectivity index (χ1v) is 11.2. The van der Waals surface area contributed by atoms with Crippen LogP contribution in [0.5, 0.6) is 5.75 Å². The van der Waals surface area contributed by atoms with E-state index in [-0.39, 0.29) is 16.5 Å². The molecule has 0 atom stereocenters. The molecule has 0 aliphatic carbocycles. The average Bonchev–Trinajstić information content (AvgIpc) is 3.01. The molecule has 1 amide bonds. The van der Waals surface area contributed by atoms with Crippen molar-refractivity contribution in [3.63, 3.8) is 0 Å². The first-order chi connectivity index (χ1) is 16.9. The monoisotopic (exact) mass is 515 g/mol. The highest BCUT2D eigenvalue weighted by Gasteiger charge is 2.51. The fourth-order valence-electron chi connectivity index (χ4n) is 4.19. The molecule has 0 unspecified atom stereocenters. The number of hydrogen-bond acceptors (Lipinski definition) is 6. The van der Waals surface area contributed by atoms with Crippen LogP contribution < -0.4 is 20.1 Å². The van der Waals surface area contributed by atoms with Crippen LogP contribution in [-0.2, 0) is 17.4 Å². The predicted molar refractivity (Wildman–Crippen MR) is 130 cm³/mol. The molecular formula is C24H20F3N5O3S. The number of aromatic nitrogens is 2. The van der Waals surface area contributed by atoms with E-state index in [2.05, 4.69) is 4.98 Å². The quantitative estimate of drug-likeness (QED) is 0.484. The Balaban J connectivity index is 1.86. The number of carbonyl (C=O) groups is 1. The van der Waals surface area contributed by atoms with E-state index in [1.54, 1.807) is 26.0 Å². The number of fused-ring (bicyclic) bond motifs is 1. The lowest BCUT2D eigenvalue weighted by Gasteiger charge is -2.29. The molecule has 8 nitrogen and oxygen atoms in total. The predicted octanol–water partition coefficient (Wildman–Crippen LogP) is 4.07. The lowest BCUT2D eigenvalue weighted by atomic mass is 10.0. The van der Waals surface area contributed by atoms with E-state index < -0.39 is 34.3 Å². The molecule has 0 spiro atoms. The van der Waals surface area contributed by atoms with Gasteiger partial charge in [-0.1, -0.05) is 6.92 Å². The summed E-state index contributed by atoms with van der Waals surface area (Å²) >= 11 is 5.55. The van der Waals surface area contributed by atoms with Crippen LogP contribution in [0.3, 0.4) is 0 Å². The van der Waals surface area contributed by atoms with Gasteiger partial charge in [-0.05, 0) is 62.8 Å². The van der Waals surface area contributed by atoms with Crippen LogP contribution in [0.1, 0.15) is 37.6 Å². The Kier molecular flexibility index (Phi) is 6.00. The Hall–Kier alpha value is -3.98. The summed E-state index contributed by atoms with van der Waals surface area (Å²) in [6.45, 7) is 4.98. The van der Waals surface area contributed by atoms with E-state index in [0.29, 0.717) is 23.4 Å². The number of rotatable bonds is 4. The minimum atomic E-state index is -4.80. The second-order valence-corrected chi connectivity index (χ2v) is 8.89. The third-order valence-electron chi connectivity index (χ3n) is 5.99. The summed E-state index contributed by atoms with van der Waals surface area (Å²) in [6, 6.07) is 7.70. The SMILES string of the molecule is CCc1nc2ccc(N3C(=S)N(c4ccc(C#N)c(C(F)(F)F)c4)C(=O)C3(C)C)cn2c(=O)c1OC. The van der Waals surface area contributed by atoms with Crippen LogP contribution in [0.25, 0.3) is 5.65 Å². The molecule has 1 aromatic carbocycles. The van der Waals surface area contributed by atoms with Crippen molar-refractivity contribution in [3.05, 3.63) is 63.7 Å². The van der Waals surface area contributed by atoms with Gasteiger partial charge >= 0.3 is 11.7 Å². The van der Waals surface area contributed by atoms with E-state index in [1.807, 2.05) is 6.92 Å². The fourth-order valence-corrected chi connectivity index (χ4v) is 4.72. The summed E-state index contributed by atoms with van der Waals surface area (Å²) in [5.41, 5.74) is -2.41. The highest BCUT2D eigenvalue weighted by Crippen LogP contribution is 2.39. The number of hydrogen-bond donors (Lipinski definition) is 0. The molecule has 4 rings (SSSR count). The molecule has 0 bridgehead atoms. The lowest BCUT2D eigenvalue weighted by molar-refractivity contribution is -0.137. The number of aryl methyl sites for hydroxylation is 1. The number of halogens is 3. The number of alkyl halides is 3. The van der Waals surface area contributed by atoms with Crippen molar-refractivity contribution < 1.29 is 22.7 Å². The molecule has 0 radical (unpaired) electrons. The minimum absolute atomic E-state index is 0.0830. The van der Waals surface area contributed by atoms with Gasteiger partial charge in [-0.3, -0.25) is 18.9 Å². The maximum Gasteiger partial charge on any atom is 0.417 e. The minimum Gasteiger partial charge on any atom is -0.490 e. The van der Waals surface area contributed by atoms with Gasteiger partial charge in [-0.2, -0.15) is 18.4 Å². The van der Waals surface area contributed by atoms with Gasteiger partial charge in [0.25, 0.3) is 5.91 Å². The molecule has 12 heteroatoms. The number of methoxy groups -OCH3 is 1. The molecule has 3 aromatic rings. The first-order valence-electron chi connectivity index (χ1n) is 10.8. The molecule has 1 aliphatic heterocycles. The van der Waals surface area contributed by atoms with Crippen molar-refractivity contribution in [2.75, 3.05) is 16.9 Å². The summed E-state index contributed by atoms with van der Waals surface area (Å²) in [4.78, 5) is 33.3. The standard InChI is InChI=1S/C24H20F3N5O3S/c1-5-17-19(35-4)20(33)30-12-15(8-9-18(30)29-17)32-22(36)31(21(34)23(32,2)3)14-7-6-13(11-28)16(10-14)24(25,26)27/h6-10,12H,5H2,1-4H3. The highest BCUT2D eigenvalue weighted by molar-refractivity contribution is 7.81. The lowest BCUT2D eigenvalue weighted by Crippen LogP contribution is -2.44. The molecule has 1 fully saturated rings. The van der Waals surface area contributed by atoms with Gasteiger partial charge in [0, 0.05) is 6.20 Å². The molecule has 36 heavy (non-hydrogen) atoms. The summed E-state index contributed by atoms with van der Waals surface area (Å²) in [6.07, 6.45) is -2.87. The Labute approximate surface area is 209 Å². The zero-order valence-corrected chi connectivity index (χ0v) is 20.5. The number of nitrogens with zero attached hydrogens (tertiary/aromatic N) is 5. The topological polar surface area (TPSA) is 90.9 Å². The third-order valence-corrected chi connectivity index (χ3v) is 6.35. The summed E-state index contributed by atoms with van der Waals surface area (Å²) < 4.78 is 47.1. The van der Waals surface area contributed by atoms with Crippen LogP contribution in [0.2, 0.25) is 0 Å². The van der Waals surface area contributed by atoms with Crippen LogP contribution in [-0.4, -0.2) is 33.1 Å². The average molecular weight is 516 g/mol. The Morgan fingerprint density at radius 2 is 1.83 bits per heavy atom. The van der Waals surface area contributed by atoms with Crippen LogP contribution in [0, 0.1) is 11.3 Å². The van der Waals surface area contributed by atoms with Gasteiger partial charge in [0.15, 0.2) is 5.11 Å². The summed E-state index contributed by atoms with van der Waals surface area (Å²) in [5.74, 6) is -0.486. The Morgan fingerprint density at radius 3 is 2.42 bits per heavy atom. The normalized spacial score (nSPS) is 15.5. The number of benzene rings is 1. The second-order valence-electron chi connectivity index (χ2n) is 8.52. The summed E-state index contributed by atoms with van der Waals surface area (Å²) in [7, 11) is 1.37. The number of anilines is 2. The van der Waals surface area contributed by atoms with Crippen molar-refractivity contribution in [2.45, 2.75) is 38.9 Å². The smallest absolute Gasteiger partial charge is 0.417 e. The van der Waals surface area contributed by atoms with E-state index in [0.717, 1.165) is 17.0 Å². The molecule has 0 N–H and O–H groups in total. The van der Waals surface area contributed by atoms with Gasteiger partial charge in [-0.25, -0.2) is 4.98 Å². The van der Waals surface area contributed by atoms with E-state index in [1.165, 1.54) is 34.7 Å². The number of carbonyl (C=O) groups excluding carboxylic acids is 1. The number of amides is 1. The molecular weight excluding hydrogens is 495 g/mol. The van der Waals surface area contributed by atoms with Gasteiger partial charge in [0.2, 0.25) is 5.75 Å².